The van der Waals surface area contributed by atoms with Crippen LogP contribution in [-0.4, -0.2) is 30.8 Å². The Kier molecular flexibility index (Phi) is 7.20. The number of benzene rings is 3. The van der Waals surface area contributed by atoms with Gasteiger partial charge in [0.15, 0.2) is 16.7 Å². The minimum atomic E-state index is -0.816. The summed E-state index contributed by atoms with van der Waals surface area (Å²) < 4.78 is 69.0. The summed E-state index contributed by atoms with van der Waals surface area (Å²) in [6.07, 6.45) is 1.50. The minimum Gasteiger partial charge on any atom is -0.493 e. The first-order valence-electron chi connectivity index (χ1n) is 10.4. The van der Waals surface area contributed by atoms with Crippen molar-refractivity contribution in [2.24, 2.45) is 0 Å². The van der Waals surface area contributed by atoms with E-state index in [-0.39, 0.29) is 22.2 Å². The predicted octanol–water partition coefficient (Wildman–Crippen LogP) is 6.51. The third-order valence-corrected chi connectivity index (χ3v) is 6.35. The van der Waals surface area contributed by atoms with Crippen LogP contribution in [0.5, 0.6) is 11.5 Å². The van der Waals surface area contributed by atoms with E-state index in [1.165, 1.54) is 49.2 Å². The Morgan fingerprint density at radius 1 is 0.886 bits per heavy atom. The molecule has 0 unspecified atom stereocenters. The molecular formula is C25H21F4N3O2S. The summed E-state index contributed by atoms with van der Waals surface area (Å²) in [6, 6.07) is 12.0. The molecule has 0 saturated carbocycles. The molecular weight excluding hydrogens is 482 g/mol. The molecule has 4 aromatic rings. The van der Waals surface area contributed by atoms with Gasteiger partial charge in [-0.05, 0) is 36.4 Å². The highest BCUT2D eigenvalue weighted by molar-refractivity contribution is 7.98. The largest absolute Gasteiger partial charge is 0.493 e. The highest BCUT2D eigenvalue weighted by Crippen LogP contribution is 2.37. The van der Waals surface area contributed by atoms with Crippen molar-refractivity contribution >= 4 is 23.3 Å². The zero-order valence-electron chi connectivity index (χ0n) is 19.1. The van der Waals surface area contributed by atoms with Gasteiger partial charge in [-0.15, -0.1) is 0 Å². The van der Waals surface area contributed by atoms with Crippen LogP contribution in [0.2, 0.25) is 0 Å². The number of imidazole rings is 1. The second-order valence-electron chi connectivity index (χ2n) is 7.42. The molecule has 0 radical (unpaired) electrons. The highest BCUT2D eigenvalue weighted by atomic mass is 32.2. The average molecular weight is 504 g/mol. The van der Waals surface area contributed by atoms with Gasteiger partial charge in [-0.1, -0.05) is 17.8 Å². The molecule has 5 nitrogen and oxygen atoms in total. The maximum Gasteiger partial charge on any atom is 0.174 e. The number of anilines is 2. The van der Waals surface area contributed by atoms with Crippen molar-refractivity contribution in [2.45, 2.75) is 10.9 Å². The maximum absolute atomic E-state index is 14.9. The number of ether oxygens (including phenoxy) is 2. The lowest BCUT2D eigenvalue weighted by Gasteiger charge is -2.23. The Hall–Kier alpha value is -3.66. The summed E-state index contributed by atoms with van der Waals surface area (Å²) in [6.45, 7) is 0. The van der Waals surface area contributed by atoms with E-state index in [4.69, 9.17) is 9.47 Å². The lowest BCUT2D eigenvalue weighted by Crippen LogP contribution is -2.15. The second kappa shape index (κ2) is 10.3. The lowest BCUT2D eigenvalue weighted by molar-refractivity contribution is 0.355. The number of hydrogen-bond acceptors (Lipinski definition) is 5. The number of aromatic nitrogens is 2. The van der Waals surface area contributed by atoms with Crippen molar-refractivity contribution in [1.82, 2.24) is 9.55 Å². The third kappa shape index (κ3) is 4.93. The Morgan fingerprint density at radius 2 is 1.60 bits per heavy atom. The van der Waals surface area contributed by atoms with E-state index in [0.29, 0.717) is 23.0 Å². The van der Waals surface area contributed by atoms with E-state index in [2.05, 4.69) is 4.98 Å². The summed E-state index contributed by atoms with van der Waals surface area (Å²) in [5.41, 5.74) is 0.576. The molecule has 0 saturated heterocycles. The molecule has 0 aliphatic carbocycles. The van der Waals surface area contributed by atoms with Gasteiger partial charge < -0.3 is 14.4 Å². The maximum atomic E-state index is 14.9. The molecule has 0 N–H and O–H groups in total. The van der Waals surface area contributed by atoms with E-state index < -0.39 is 23.3 Å². The van der Waals surface area contributed by atoms with Gasteiger partial charge in [0.2, 0.25) is 0 Å². The van der Waals surface area contributed by atoms with E-state index in [1.54, 1.807) is 30.1 Å². The minimum absolute atomic E-state index is 0.0303. The zero-order valence-corrected chi connectivity index (χ0v) is 19.9. The van der Waals surface area contributed by atoms with Gasteiger partial charge in [0, 0.05) is 36.2 Å². The van der Waals surface area contributed by atoms with Gasteiger partial charge in [0.25, 0.3) is 0 Å². The van der Waals surface area contributed by atoms with Crippen LogP contribution in [-0.2, 0) is 5.75 Å². The molecule has 0 aliphatic rings. The van der Waals surface area contributed by atoms with Crippen molar-refractivity contribution < 1.29 is 27.0 Å². The normalized spacial score (nSPS) is 10.9. The predicted molar refractivity (Wildman–Crippen MR) is 127 cm³/mol. The number of nitrogens with zero attached hydrogens (tertiary/aromatic N) is 3. The van der Waals surface area contributed by atoms with E-state index in [0.717, 1.165) is 23.9 Å². The number of halogens is 4. The van der Waals surface area contributed by atoms with Gasteiger partial charge in [0.1, 0.15) is 29.1 Å². The second-order valence-corrected chi connectivity index (χ2v) is 8.36. The van der Waals surface area contributed by atoms with Crippen LogP contribution in [0.1, 0.15) is 5.56 Å². The van der Waals surface area contributed by atoms with Crippen molar-refractivity contribution in [2.75, 3.05) is 26.2 Å². The third-order valence-electron chi connectivity index (χ3n) is 5.37. The van der Waals surface area contributed by atoms with E-state index in [1.807, 2.05) is 0 Å². The van der Waals surface area contributed by atoms with Crippen LogP contribution in [0.15, 0.2) is 66.0 Å². The highest BCUT2D eigenvalue weighted by Gasteiger charge is 2.21. The first kappa shape index (κ1) is 24.5. The molecule has 0 bridgehead atoms. The average Bonchev–Trinajstić information content (AvgIpc) is 3.26. The summed E-state index contributed by atoms with van der Waals surface area (Å²) in [5, 5.41) is 0.264. The molecule has 0 aliphatic heterocycles. The standard InChI is InChI=1S/C25H21F4N3O2S/c1-31(16-8-10-22(33-2)23(12-16)34-3)24-13-30-25(32(24)21-9-7-15(26)11-20(21)29)35-14-17-18(27)5-4-6-19(17)28/h4-13H,14H2,1-3H3. The fraction of sp³-hybridized carbons (Fsp3) is 0.160. The Morgan fingerprint density at radius 3 is 2.26 bits per heavy atom. The Labute approximate surface area is 203 Å². The first-order valence-corrected chi connectivity index (χ1v) is 11.4. The molecule has 0 amide bonds. The van der Waals surface area contributed by atoms with Crippen molar-refractivity contribution in [3.05, 3.63) is 89.6 Å². The number of rotatable bonds is 8. The Balaban J connectivity index is 1.78. The zero-order chi connectivity index (χ0) is 25.1. The van der Waals surface area contributed by atoms with Gasteiger partial charge in [0.05, 0.1) is 26.1 Å². The number of hydrogen-bond donors (Lipinski definition) is 0. The summed E-state index contributed by atoms with van der Waals surface area (Å²) in [7, 11) is 4.77. The van der Waals surface area contributed by atoms with Crippen molar-refractivity contribution in [3.8, 4) is 17.2 Å². The molecule has 0 atom stereocenters. The van der Waals surface area contributed by atoms with Crippen LogP contribution < -0.4 is 14.4 Å². The topological polar surface area (TPSA) is 39.5 Å². The molecule has 3 aromatic carbocycles. The quantitative estimate of drug-likeness (QED) is 0.203. The smallest absolute Gasteiger partial charge is 0.174 e. The molecule has 10 heteroatoms. The van der Waals surface area contributed by atoms with Crippen molar-refractivity contribution in [3.63, 3.8) is 0 Å². The monoisotopic (exact) mass is 503 g/mol. The van der Waals surface area contributed by atoms with Gasteiger partial charge in [-0.3, -0.25) is 4.57 Å². The molecule has 1 heterocycles. The summed E-state index contributed by atoms with van der Waals surface area (Å²) in [5.74, 6) is -1.56. The SMILES string of the molecule is COc1ccc(N(C)c2cnc(SCc3c(F)cccc3F)n2-c2ccc(F)cc2F)cc1OC. The fourth-order valence-electron chi connectivity index (χ4n) is 3.53. The molecule has 1 aromatic heterocycles. The first-order chi connectivity index (χ1) is 16.8. The van der Waals surface area contributed by atoms with Gasteiger partial charge in [-0.25, -0.2) is 22.5 Å². The Bertz CT molecular complexity index is 1340. The van der Waals surface area contributed by atoms with Crippen LogP contribution in [0.25, 0.3) is 5.69 Å². The molecule has 4 rings (SSSR count). The van der Waals surface area contributed by atoms with Gasteiger partial charge >= 0.3 is 0 Å². The van der Waals surface area contributed by atoms with Crippen LogP contribution in [0, 0.1) is 23.3 Å². The van der Waals surface area contributed by atoms with Crippen molar-refractivity contribution in [1.29, 1.82) is 0 Å². The molecule has 0 fully saturated rings. The summed E-state index contributed by atoms with van der Waals surface area (Å²) >= 11 is 1.02. The van der Waals surface area contributed by atoms with Gasteiger partial charge in [-0.2, -0.15) is 0 Å². The number of thioether (sulfide) groups is 1. The molecule has 35 heavy (non-hydrogen) atoms. The van der Waals surface area contributed by atoms with Crippen LogP contribution in [0.3, 0.4) is 0 Å². The molecule has 0 spiro atoms. The van der Waals surface area contributed by atoms with Crippen LogP contribution in [0.4, 0.5) is 29.1 Å². The van der Waals surface area contributed by atoms with E-state index in [9.17, 15) is 17.6 Å². The fourth-order valence-corrected chi connectivity index (χ4v) is 4.52. The lowest BCUT2D eigenvalue weighted by atomic mass is 10.2. The van der Waals surface area contributed by atoms with E-state index >= 15 is 0 Å². The number of methoxy groups -OCH3 is 2. The molecule has 182 valence electrons. The van der Waals surface area contributed by atoms with Crippen LogP contribution >= 0.6 is 11.8 Å². The summed E-state index contributed by atoms with van der Waals surface area (Å²) in [4.78, 5) is 6.10.